The van der Waals surface area contributed by atoms with Crippen LogP contribution in [0.4, 0.5) is 0 Å². The number of aromatic hydroxyl groups is 1. The molecule has 0 aliphatic carbocycles. The van der Waals surface area contributed by atoms with Crippen LogP contribution in [-0.2, 0) is 41.9 Å². The monoisotopic (exact) mass is 888 g/mol. The summed E-state index contributed by atoms with van der Waals surface area (Å²) in [7, 11) is 7.54. The Labute approximate surface area is 370 Å². The van der Waals surface area contributed by atoms with Crippen molar-refractivity contribution < 1.29 is 58.2 Å². The van der Waals surface area contributed by atoms with Crippen LogP contribution in [0.3, 0.4) is 0 Å². The third kappa shape index (κ3) is 26.0. The Bertz CT molecular complexity index is 1850. The van der Waals surface area contributed by atoms with E-state index < -0.39 is 11.9 Å². The zero-order valence-corrected chi connectivity index (χ0v) is 38.0. The SMILES string of the molecule is CCC(C)C(=O)O.CN.CN.CNC(=O)C(C)CCC(C)C(=O)O.COc1cc(/C=C/C(=O)CC(=O)/C=C/c2ccc(OCc3cn(CCOCCN)nn3)c(OC)c2)ccc1O. The van der Waals surface area contributed by atoms with Crippen LogP contribution >= 0.6 is 0 Å². The molecule has 1 heterocycles. The van der Waals surface area contributed by atoms with Crippen LogP contribution in [0.5, 0.6) is 23.0 Å². The Morgan fingerprint density at radius 1 is 0.794 bits per heavy atom. The van der Waals surface area contributed by atoms with Crippen molar-refractivity contribution in [2.45, 2.75) is 66.5 Å². The van der Waals surface area contributed by atoms with Gasteiger partial charge in [0.25, 0.3) is 0 Å². The van der Waals surface area contributed by atoms with Crippen molar-refractivity contribution in [3.8, 4) is 23.0 Å². The van der Waals surface area contributed by atoms with Gasteiger partial charge in [-0.05, 0) is 80.9 Å². The second kappa shape index (κ2) is 35.4. The third-order valence-electron chi connectivity index (χ3n) is 8.53. The normalized spacial score (nSPS) is 11.7. The summed E-state index contributed by atoms with van der Waals surface area (Å²) in [6, 6.07) is 9.92. The number of carboxylic acid groups (broad SMARTS) is 2. The van der Waals surface area contributed by atoms with Crippen molar-refractivity contribution in [1.29, 1.82) is 0 Å². The molecule has 0 saturated heterocycles. The molecule has 2 aromatic carbocycles. The molecule has 3 unspecified atom stereocenters. The highest BCUT2D eigenvalue weighted by Gasteiger charge is 2.16. The molecule has 19 nitrogen and oxygen atoms in total. The van der Waals surface area contributed by atoms with E-state index in [0.717, 1.165) is 6.42 Å². The van der Waals surface area contributed by atoms with Crippen LogP contribution in [0.2, 0.25) is 0 Å². The van der Waals surface area contributed by atoms with Gasteiger partial charge in [0, 0.05) is 19.5 Å². The van der Waals surface area contributed by atoms with Gasteiger partial charge in [0.15, 0.2) is 34.6 Å². The van der Waals surface area contributed by atoms with Crippen LogP contribution < -0.4 is 36.7 Å². The number of aromatic nitrogens is 3. The molecule has 0 saturated carbocycles. The Kier molecular flexibility index (Phi) is 33.2. The van der Waals surface area contributed by atoms with Gasteiger partial charge in [0.1, 0.15) is 12.3 Å². The van der Waals surface area contributed by atoms with Crippen LogP contribution in [0.15, 0.2) is 54.7 Å². The molecule has 0 radical (unpaired) electrons. The number of rotatable bonds is 23. The van der Waals surface area contributed by atoms with E-state index in [1.165, 1.54) is 46.5 Å². The number of nitrogens with zero attached hydrogens (tertiary/aromatic N) is 3. The first-order valence-electron chi connectivity index (χ1n) is 20.2. The van der Waals surface area contributed by atoms with E-state index >= 15 is 0 Å². The van der Waals surface area contributed by atoms with Crippen LogP contribution in [-0.4, -0.2) is 115 Å². The van der Waals surface area contributed by atoms with Gasteiger partial charge < -0.3 is 56.8 Å². The number of carboxylic acids is 2. The summed E-state index contributed by atoms with van der Waals surface area (Å²) >= 11 is 0. The number of allylic oxidation sites excluding steroid dienone is 2. The predicted octanol–water partition coefficient (Wildman–Crippen LogP) is 3.95. The van der Waals surface area contributed by atoms with E-state index in [1.54, 1.807) is 81.2 Å². The highest BCUT2D eigenvalue weighted by atomic mass is 16.5. The molecule has 352 valence electrons. The number of nitrogens with two attached hydrogens (primary N) is 3. The number of ketones is 2. The van der Waals surface area contributed by atoms with Gasteiger partial charge in [-0.1, -0.05) is 57.2 Å². The van der Waals surface area contributed by atoms with Gasteiger partial charge in [0.2, 0.25) is 5.91 Å². The van der Waals surface area contributed by atoms with Crippen molar-refractivity contribution in [3.63, 3.8) is 0 Å². The molecule has 0 aliphatic rings. The standard InChI is InChI=1S/C28H32N4O7.C9H17NO3.C5H10O2.2CH5N/c1-36-27-15-20(5-9-25(27)35)3-7-23(33)17-24(34)8-4-21-6-10-26(28(16-21)37-2)39-19-22-18-32(31-30-22)12-14-38-13-11-29;1-6(8(11)10-3)4-5-7(2)9(12)13;1-3-4(2)5(6)7;2*1-2/h3-10,15-16,18,35H,11-14,17,19,29H2,1-2H3;6-7H,4-5H2,1-3H3,(H,10,11)(H,12,13);4H,3H2,1-2H3,(H,6,7);2*2H2,1H3/b7-3+,8-4+;;;;. The number of phenols is 1. The van der Waals surface area contributed by atoms with E-state index in [0.29, 0.717) is 73.2 Å². The first-order valence-corrected chi connectivity index (χ1v) is 20.2. The molecule has 3 rings (SSSR count). The minimum Gasteiger partial charge on any atom is -0.504 e. The van der Waals surface area contributed by atoms with Gasteiger partial charge in [-0.15, -0.1) is 5.10 Å². The number of ether oxygens (including phenoxy) is 4. The lowest BCUT2D eigenvalue weighted by atomic mass is 9.98. The number of carbonyl (C=O) groups is 5. The van der Waals surface area contributed by atoms with Gasteiger partial charge in [-0.2, -0.15) is 0 Å². The molecule has 0 bridgehead atoms. The second-order valence-corrected chi connectivity index (χ2v) is 13.3. The van der Waals surface area contributed by atoms with Crippen molar-refractivity contribution in [2.24, 2.45) is 35.0 Å². The van der Waals surface area contributed by atoms with Crippen LogP contribution in [0, 0.1) is 17.8 Å². The number of methoxy groups -OCH3 is 2. The fraction of sp³-hybridized carbons (Fsp3) is 0.477. The molecular weight excluding hydrogens is 819 g/mol. The predicted molar refractivity (Wildman–Crippen MR) is 241 cm³/mol. The highest BCUT2D eigenvalue weighted by Crippen LogP contribution is 2.29. The number of aliphatic carboxylic acids is 2. The molecule has 63 heavy (non-hydrogen) atoms. The number of hydrogen-bond donors (Lipinski definition) is 7. The summed E-state index contributed by atoms with van der Waals surface area (Å²) in [4.78, 5) is 55.9. The number of nitrogens with one attached hydrogen (secondary N) is 1. The molecule has 3 aromatic rings. The number of phenolic OH excluding ortho intramolecular Hbond substituents is 1. The molecule has 0 spiro atoms. The minimum atomic E-state index is -0.802. The zero-order valence-electron chi connectivity index (χ0n) is 38.0. The molecule has 0 aliphatic heterocycles. The minimum absolute atomic E-state index is 0.00254. The molecule has 3 atom stereocenters. The number of carbonyl (C=O) groups excluding carboxylic acids is 3. The molecule has 1 amide bonds. The average Bonchev–Trinajstić information content (AvgIpc) is 3.76. The topological polar surface area (TPSA) is 304 Å². The van der Waals surface area contributed by atoms with Gasteiger partial charge >= 0.3 is 11.9 Å². The van der Waals surface area contributed by atoms with E-state index in [4.69, 9.17) is 34.9 Å². The van der Waals surface area contributed by atoms with Crippen molar-refractivity contribution in [3.05, 3.63) is 71.6 Å². The first kappa shape index (κ1) is 58.9. The van der Waals surface area contributed by atoms with E-state index in [2.05, 4.69) is 27.1 Å². The van der Waals surface area contributed by atoms with Crippen molar-refractivity contribution >= 4 is 41.6 Å². The number of benzene rings is 2. The highest BCUT2D eigenvalue weighted by molar-refractivity contribution is 6.10. The van der Waals surface area contributed by atoms with Gasteiger partial charge in [-0.3, -0.25) is 24.0 Å². The Morgan fingerprint density at radius 3 is 1.83 bits per heavy atom. The second-order valence-electron chi connectivity index (χ2n) is 13.3. The fourth-order valence-electron chi connectivity index (χ4n) is 4.56. The summed E-state index contributed by atoms with van der Waals surface area (Å²) in [5, 5.41) is 37.1. The molecule has 0 fully saturated rings. The molecule has 1 aromatic heterocycles. The lowest BCUT2D eigenvalue weighted by Crippen LogP contribution is -2.26. The van der Waals surface area contributed by atoms with Crippen molar-refractivity contribution in [1.82, 2.24) is 20.3 Å². The summed E-state index contributed by atoms with van der Waals surface area (Å²) in [5.74, 6) is -1.60. The maximum absolute atomic E-state index is 12.3. The summed E-state index contributed by atoms with van der Waals surface area (Å²) in [6.07, 6.45) is 9.21. The smallest absolute Gasteiger partial charge is 0.306 e. The quantitative estimate of drug-likeness (QED) is 0.0403. The van der Waals surface area contributed by atoms with E-state index in [-0.39, 0.29) is 54.0 Å². The number of hydrogen-bond acceptors (Lipinski definition) is 15. The number of amides is 1. The van der Waals surface area contributed by atoms with Crippen molar-refractivity contribution in [2.75, 3.05) is 55.1 Å². The van der Waals surface area contributed by atoms with Crippen LogP contribution in [0.1, 0.15) is 70.2 Å². The zero-order chi connectivity index (χ0) is 48.3. The summed E-state index contributed by atoms with van der Waals surface area (Å²) < 4.78 is 23.3. The Hall–Kier alpha value is -6.15. The lowest BCUT2D eigenvalue weighted by molar-refractivity contribution is -0.142. The maximum Gasteiger partial charge on any atom is 0.306 e. The third-order valence-corrected chi connectivity index (χ3v) is 8.53. The largest absolute Gasteiger partial charge is 0.504 e. The Balaban J connectivity index is 0. The van der Waals surface area contributed by atoms with Gasteiger partial charge in [0.05, 0.1) is 58.4 Å². The first-order chi connectivity index (χ1) is 30.1. The van der Waals surface area contributed by atoms with Crippen LogP contribution in [0.25, 0.3) is 12.2 Å². The van der Waals surface area contributed by atoms with Gasteiger partial charge in [-0.25, -0.2) is 4.68 Å². The Morgan fingerprint density at radius 2 is 1.33 bits per heavy atom. The molecule has 19 heteroatoms. The molecular formula is C44H69N7O12. The maximum atomic E-state index is 12.3. The average molecular weight is 888 g/mol. The summed E-state index contributed by atoms with van der Waals surface area (Å²) in [6.45, 7) is 9.23. The van der Waals surface area contributed by atoms with E-state index in [1.807, 2.05) is 6.92 Å². The fourth-order valence-corrected chi connectivity index (χ4v) is 4.56. The summed E-state index contributed by atoms with van der Waals surface area (Å²) in [5.41, 5.74) is 16.4. The lowest BCUT2D eigenvalue weighted by Gasteiger charge is -2.11. The molecule has 10 N–H and O–H groups in total. The van der Waals surface area contributed by atoms with E-state index in [9.17, 15) is 29.1 Å².